The molecule has 0 fully saturated rings. The van der Waals surface area contributed by atoms with Crippen molar-refractivity contribution in [2.45, 2.75) is 335 Å². The molecule has 1 unspecified atom stereocenters. The third kappa shape index (κ3) is 54.9. The lowest BCUT2D eigenvalue weighted by Crippen LogP contribution is -2.28. The van der Waals surface area contributed by atoms with Gasteiger partial charge in [-0.15, -0.1) is 0 Å². The molecule has 0 rings (SSSR count). The van der Waals surface area contributed by atoms with E-state index < -0.39 is 6.10 Å². The highest BCUT2D eigenvalue weighted by molar-refractivity contribution is 5.70. The maximum atomic E-state index is 12.3. The Labute approximate surface area is 406 Å². The molecule has 0 radical (unpaired) electrons. The molecular weight excluding hydrogens is 801 g/mol. The van der Waals surface area contributed by atoms with E-state index in [-0.39, 0.29) is 25.2 Å². The Hall–Kier alpha value is -1.62. The van der Waals surface area contributed by atoms with Crippen molar-refractivity contribution < 1.29 is 24.2 Å². The molecular formula is C60H114O5. The summed E-state index contributed by atoms with van der Waals surface area (Å²) in [6.45, 7) is 4.14. The second kappa shape index (κ2) is 56.7. The summed E-state index contributed by atoms with van der Waals surface area (Å²) in [5.74, 6) is -0.586. The fraction of sp³-hybridized carbons (Fsp3) is 0.900. The molecule has 0 bridgehead atoms. The van der Waals surface area contributed by atoms with Gasteiger partial charge >= 0.3 is 11.9 Å². The second-order valence-electron chi connectivity index (χ2n) is 20.1. The Bertz CT molecular complexity index is 990. The number of carbonyl (C=O) groups is 2. The first-order chi connectivity index (χ1) is 32.1. The molecule has 0 saturated heterocycles. The summed E-state index contributed by atoms with van der Waals surface area (Å²) >= 11 is 0. The van der Waals surface area contributed by atoms with Gasteiger partial charge in [0.25, 0.3) is 0 Å². The van der Waals surface area contributed by atoms with Gasteiger partial charge in [0.1, 0.15) is 6.61 Å². The standard InChI is InChI=1S/C60H114O5/c1-3-5-7-9-11-13-15-17-18-19-20-21-22-23-24-25-26-27-28-29-30-31-32-33-34-35-36-37-38-39-40-41-42-43-45-47-49-51-53-55-60(63)65-58(56-61)57-64-59(62)54-52-50-48-46-44-16-14-12-10-8-6-4-2/h12,14,19-20,58,61H,3-11,13,15-18,21-57H2,1-2H3/b14-12-,20-19-. The van der Waals surface area contributed by atoms with Crippen molar-refractivity contribution in [3.05, 3.63) is 24.3 Å². The molecule has 0 spiro atoms. The number of rotatable bonds is 55. The number of aliphatic hydroxyl groups is 1. The number of aliphatic hydroxyl groups excluding tert-OH is 1. The Morgan fingerprint density at radius 3 is 0.862 bits per heavy atom. The van der Waals surface area contributed by atoms with Gasteiger partial charge in [0.15, 0.2) is 6.10 Å². The smallest absolute Gasteiger partial charge is 0.306 e. The summed E-state index contributed by atoms with van der Waals surface area (Å²) in [5.41, 5.74) is 0. The normalized spacial score (nSPS) is 12.2. The molecule has 65 heavy (non-hydrogen) atoms. The topological polar surface area (TPSA) is 72.8 Å². The van der Waals surface area contributed by atoms with E-state index in [4.69, 9.17) is 9.47 Å². The minimum absolute atomic E-state index is 0.0649. The van der Waals surface area contributed by atoms with Crippen LogP contribution in [0.2, 0.25) is 0 Å². The molecule has 0 aliphatic carbocycles. The molecule has 1 atom stereocenters. The molecule has 0 saturated carbocycles. The lowest BCUT2D eigenvalue weighted by atomic mass is 10.0. The molecule has 0 aliphatic heterocycles. The van der Waals surface area contributed by atoms with Crippen molar-refractivity contribution >= 4 is 11.9 Å². The van der Waals surface area contributed by atoms with Crippen LogP contribution in [0.3, 0.4) is 0 Å². The molecule has 5 nitrogen and oxygen atoms in total. The van der Waals surface area contributed by atoms with Crippen LogP contribution < -0.4 is 0 Å². The minimum atomic E-state index is -0.770. The van der Waals surface area contributed by atoms with Crippen LogP contribution in [0.5, 0.6) is 0 Å². The van der Waals surface area contributed by atoms with Gasteiger partial charge in [0.2, 0.25) is 0 Å². The molecule has 0 amide bonds. The fourth-order valence-corrected chi connectivity index (χ4v) is 9.02. The van der Waals surface area contributed by atoms with Gasteiger partial charge in [-0.2, -0.15) is 0 Å². The summed E-state index contributed by atoms with van der Waals surface area (Å²) in [7, 11) is 0. The first-order valence-electron chi connectivity index (χ1n) is 29.4. The van der Waals surface area contributed by atoms with Crippen molar-refractivity contribution in [1.82, 2.24) is 0 Å². The average Bonchev–Trinajstić information content (AvgIpc) is 3.31. The quantitative estimate of drug-likeness (QED) is 0.0374. The zero-order chi connectivity index (χ0) is 47.0. The predicted molar refractivity (Wildman–Crippen MR) is 284 cm³/mol. The SMILES string of the molecule is CCCCC/C=C\CCCCCCCC(=O)OCC(CO)OC(=O)CCCCCCCCCCCCCCCCCCCCCCCCCCCCC/C=C\CCCCCCCCCC. The summed E-state index contributed by atoms with van der Waals surface area (Å²) < 4.78 is 10.7. The van der Waals surface area contributed by atoms with E-state index in [1.54, 1.807) is 0 Å². The van der Waals surface area contributed by atoms with Crippen molar-refractivity contribution in [2.24, 2.45) is 0 Å². The Morgan fingerprint density at radius 2 is 0.569 bits per heavy atom. The minimum Gasteiger partial charge on any atom is -0.462 e. The number of unbranched alkanes of at least 4 members (excludes halogenated alkanes) is 43. The van der Waals surface area contributed by atoms with Crippen LogP contribution in [0.4, 0.5) is 0 Å². The molecule has 0 aliphatic rings. The number of esters is 2. The lowest BCUT2D eigenvalue weighted by Gasteiger charge is -2.15. The van der Waals surface area contributed by atoms with E-state index in [1.807, 2.05) is 0 Å². The molecule has 0 heterocycles. The Morgan fingerprint density at radius 1 is 0.338 bits per heavy atom. The highest BCUT2D eigenvalue weighted by Crippen LogP contribution is 2.18. The number of carbonyl (C=O) groups excluding carboxylic acids is 2. The highest BCUT2D eigenvalue weighted by atomic mass is 16.6. The molecule has 384 valence electrons. The number of allylic oxidation sites excluding steroid dienone is 4. The molecule has 1 N–H and O–H groups in total. The van der Waals surface area contributed by atoms with Gasteiger partial charge in [-0.05, 0) is 64.2 Å². The van der Waals surface area contributed by atoms with E-state index in [0.717, 1.165) is 44.9 Å². The first-order valence-corrected chi connectivity index (χ1v) is 29.4. The van der Waals surface area contributed by atoms with E-state index >= 15 is 0 Å². The van der Waals surface area contributed by atoms with Gasteiger partial charge in [0.05, 0.1) is 6.61 Å². The maximum Gasteiger partial charge on any atom is 0.306 e. The van der Waals surface area contributed by atoms with Crippen molar-refractivity contribution in [3.63, 3.8) is 0 Å². The van der Waals surface area contributed by atoms with Crippen LogP contribution in [0.25, 0.3) is 0 Å². The third-order valence-corrected chi connectivity index (χ3v) is 13.5. The first kappa shape index (κ1) is 63.4. The molecule has 0 aromatic heterocycles. The Kier molecular flexibility index (Phi) is 55.3. The highest BCUT2D eigenvalue weighted by Gasteiger charge is 2.16. The van der Waals surface area contributed by atoms with Crippen LogP contribution >= 0.6 is 0 Å². The van der Waals surface area contributed by atoms with Crippen molar-refractivity contribution in [1.29, 1.82) is 0 Å². The van der Waals surface area contributed by atoms with Gasteiger partial charge in [-0.25, -0.2) is 0 Å². The summed E-state index contributed by atoms with van der Waals surface area (Å²) in [6, 6.07) is 0. The third-order valence-electron chi connectivity index (χ3n) is 13.5. The maximum absolute atomic E-state index is 12.3. The van der Waals surface area contributed by atoms with Crippen LogP contribution in [0.15, 0.2) is 24.3 Å². The van der Waals surface area contributed by atoms with Gasteiger partial charge in [0, 0.05) is 12.8 Å². The lowest BCUT2D eigenvalue weighted by molar-refractivity contribution is -0.161. The monoisotopic (exact) mass is 915 g/mol. The van der Waals surface area contributed by atoms with Crippen molar-refractivity contribution in [3.8, 4) is 0 Å². The van der Waals surface area contributed by atoms with E-state index in [9.17, 15) is 14.7 Å². The number of hydrogen-bond acceptors (Lipinski definition) is 5. The van der Waals surface area contributed by atoms with Crippen molar-refractivity contribution in [2.75, 3.05) is 13.2 Å². The van der Waals surface area contributed by atoms with E-state index in [0.29, 0.717) is 12.8 Å². The number of ether oxygens (including phenoxy) is 2. The zero-order valence-corrected chi connectivity index (χ0v) is 44.0. The van der Waals surface area contributed by atoms with Crippen LogP contribution in [-0.4, -0.2) is 36.4 Å². The average molecular weight is 916 g/mol. The van der Waals surface area contributed by atoms with Gasteiger partial charge < -0.3 is 14.6 Å². The van der Waals surface area contributed by atoms with Gasteiger partial charge in [-0.3, -0.25) is 9.59 Å². The zero-order valence-electron chi connectivity index (χ0n) is 44.0. The molecule has 0 aromatic rings. The second-order valence-corrected chi connectivity index (χ2v) is 20.1. The van der Waals surface area contributed by atoms with Crippen LogP contribution in [-0.2, 0) is 19.1 Å². The van der Waals surface area contributed by atoms with E-state index in [1.165, 1.54) is 257 Å². The predicted octanol–water partition coefficient (Wildman–Crippen LogP) is 19.7. The van der Waals surface area contributed by atoms with Crippen LogP contribution in [0, 0.1) is 0 Å². The largest absolute Gasteiger partial charge is 0.462 e. The summed E-state index contributed by atoms with van der Waals surface area (Å²) in [5, 5.41) is 9.61. The number of hydrogen-bond donors (Lipinski definition) is 1. The summed E-state index contributed by atoms with van der Waals surface area (Å²) in [4.78, 5) is 24.4. The fourth-order valence-electron chi connectivity index (χ4n) is 9.02. The van der Waals surface area contributed by atoms with E-state index in [2.05, 4.69) is 38.2 Å². The molecule has 5 heteroatoms. The Balaban J connectivity index is 3.33. The summed E-state index contributed by atoms with van der Waals surface area (Å²) in [6.07, 6.45) is 72.0. The van der Waals surface area contributed by atoms with Crippen LogP contribution in [0.1, 0.15) is 328 Å². The molecule has 0 aromatic carbocycles. The van der Waals surface area contributed by atoms with Gasteiger partial charge in [-0.1, -0.05) is 276 Å².